The molecule has 0 N–H and O–H groups in total. The zero-order chi connectivity index (χ0) is 21.5. The summed E-state index contributed by atoms with van der Waals surface area (Å²) in [5.74, 6) is 0.169. The molecule has 2 saturated heterocycles. The number of nitrogens with zero attached hydrogens (tertiary/aromatic N) is 3. The summed E-state index contributed by atoms with van der Waals surface area (Å²) < 4.78 is 4.74. The predicted molar refractivity (Wildman–Crippen MR) is 114 cm³/mol. The number of carbonyl (C=O) groups is 3. The van der Waals surface area contributed by atoms with Crippen LogP contribution >= 0.6 is 0 Å². The minimum atomic E-state index is -0.317. The maximum atomic E-state index is 12.8. The topological polar surface area (TPSA) is 70.2 Å². The molecule has 2 aliphatic heterocycles. The average Bonchev–Trinajstić information content (AvgIpc) is 3.48. The average molecular weight is 424 g/mol. The summed E-state index contributed by atoms with van der Waals surface area (Å²) in [5.41, 5.74) is 1.74. The summed E-state index contributed by atoms with van der Waals surface area (Å²) in [7, 11) is 1.39. The molecule has 3 fully saturated rings. The molecule has 2 aliphatic carbocycles. The Morgan fingerprint density at radius 2 is 1.48 bits per heavy atom. The molecule has 1 aromatic carbocycles. The van der Waals surface area contributed by atoms with Crippen LogP contribution in [0.5, 0.6) is 0 Å². The van der Waals surface area contributed by atoms with Crippen LogP contribution in [0, 0.1) is 23.7 Å². The maximum absolute atomic E-state index is 12.8. The van der Waals surface area contributed by atoms with E-state index in [2.05, 4.69) is 22.0 Å². The summed E-state index contributed by atoms with van der Waals surface area (Å²) in [4.78, 5) is 43.5. The van der Waals surface area contributed by atoms with Crippen molar-refractivity contribution in [1.82, 2.24) is 14.7 Å². The molecule has 2 bridgehead atoms. The number of carbonyl (C=O) groups excluding carboxylic acids is 3. The van der Waals surface area contributed by atoms with Gasteiger partial charge < -0.3 is 4.74 Å². The standard InChI is InChI=1S/C24H29N3O4/c1-31-24(30)17-4-2-16(3-5-17)15-26-10-8-25(9-11-26)12-13-27-22(28)20-18-6-7-19(14-18)21(20)23(27)29/h2-7,18-21H,8-15H2,1H3/t18-,19-,20-,21+/m1/s1. The Morgan fingerprint density at radius 1 is 0.903 bits per heavy atom. The van der Waals surface area contributed by atoms with Gasteiger partial charge in [-0.1, -0.05) is 24.3 Å². The van der Waals surface area contributed by atoms with E-state index in [9.17, 15) is 14.4 Å². The maximum Gasteiger partial charge on any atom is 0.337 e. The van der Waals surface area contributed by atoms with E-state index in [1.807, 2.05) is 12.1 Å². The highest BCUT2D eigenvalue weighted by molar-refractivity contribution is 6.06. The van der Waals surface area contributed by atoms with Gasteiger partial charge >= 0.3 is 5.97 Å². The van der Waals surface area contributed by atoms with Crippen LogP contribution in [0.15, 0.2) is 36.4 Å². The lowest BCUT2D eigenvalue weighted by molar-refractivity contribution is -0.141. The van der Waals surface area contributed by atoms with Gasteiger partial charge in [0.25, 0.3) is 0 Å². The molecule has 2 heterocycles. The Hall–Kier alpha value is -2.51. The number of methoxy groups -OCH3 is 1. The summed E-state index contributed by atoms with van der Waals surface area (Å²) >= 11 is 0. The van der Waals surface area contributed by atoms with E-state index < -0.39 is 0 Å². The van der Waals surface area contributed by atoms with Crippen molar-refractivity contribution in [3.05, 3.63) is 47.5 Å². The van der Waals surface area contributed by atoms with Crippen molar-refractivity contribution >= 4 is 17.8 Å². The number of rotatable bonds is 6. The lowest BCUT2D eigenvalue weighted by atomic mass is 9.85. The fourth-order valence-corrected chi connectivity index (χ4v) is 5.72. The van der Waals surface area contributed by atoms with E-state index in [1.165, 1.54) is 17.6 Å². The predicted octanol–water partition coefficient (Wildman–Crippen LogP) is 1.40. The molecule has 5 rings (SSSR count). The van der Waals surface area contributed by atoms with Crippen molar-refractivity contribution in [3.63, 3.8) is 0 Å². The van der Waals surface area contributed by atoms with Crippen LogP contribution in [0.3, 0.4) is 0 Å². The first kappa shape index (κ1) is 20.4. The van der Waals surface area contributed by atoms with Gasteiger partial charge in [-0.3, -0.25) is 24.3 Å². The molecule has 0 spiro atoms. The van der Waals surface area contributed by atoms with Crippen molar-refractivity contribution in [2.75, 3.05) is 46.4 Å². The smallest absolute Gasteiger partial charge is 0.337 e. The number of fused-ring (bicyclic) bond motifs is 5. The number of ether oxygens (including phenoxy) is 1. The molecule has 0 aromatic heterocycles. The third-order valence-electron chi connectivity index (χ3n) is 7.45. The van der Waals surface area contributed by atoms with Crippen molar-refractivity contribution in [3.8, 4) is 0 Å². The van der Waals surface area contributed by atoms with Crippen LogP contribution in [0.2, 0.25) is 0 Å². The van der Waals surface area contributed by atoms with Crippen LogP contribution in [0.1, 0.15) is 22.3 Å². The highest BCUT2D eigenvalue weighted by Gasteiger charge is 2.59. The molecule has 1 saturated carbocycles. The zero-order valence-electron chi connectivity index (χ0n) is 17.9. The molecule has 0 unspecified atom stereocenters. The number of amides is 2. The molecular weight excluding hydrogens is 394 g/mol. The number of likely N-dealkylation sites (tertiary alicyclic amines) is 1. The van der Waals surface area contributed by atoms with Gasteiger partial charge in [-0.25, -0.2) is 4.79 Å². The van der Waals surface area contributed by atoms with E-state index >= 15 is 0 Å². The third-order valence-corrected chi connectivity index (χ3v) is 7.45. The molecule has 31 heavy (non-hydrogen) atoms. The number of hydrogen-bond donors (Lipinski definition) is 0. The van der Waals surface area contributed by atoms with Crippen LogP contribution < -0.4 is 0 Å². The second kappa shape index (κ2) is 8.20. The van der Waals surface area contributed by atoms with Crippen molar-refractivity contribution in [1.29, 1.82) is 0 Å². The Morgan fingerprint density at radius 3 is 2.06 bits per heavy atom. The molecule has 1 aromatic rings. The fourth-order valence-electron chi connectivity index (χ4n) is 5.72. The van der Waals surface area contributed by atoms with Crippen molar-refractivity contribution in [2.24, 2.45) is 23.7 Å². The summed E-state index contributed by atoms with van der Waals surface area (Å²) in [6.45, 7) is 5.85. The minimum Gasteiger partial charge on any atom is -0.465 e. The van der Waals surface area contributed by atoms with Gasteiger partial charge in [0.2, 0.25) is 11.8 Å². The van der Waals surface area contributed by atoms with E-state index in [-0.39, 0.29) is 41.5 Å². The van der Waals surface area contributed by atoms with Gasteiger partial charge in [-0.15, -0.1) is 0 Å². The number of benzene rings is 1. The normalized spacial score (nSPS) is 30.3. The number of esters is 1. The first-order valence-corrected chi connectivity index (χ1v) is 11.2. The Labute approximate surface area is 182 Å². The van der Waals surface area contributed by atoms with E-state index in [1.54, 1.807) is 12.1 Å². The van der Waals surface area contributed by atoms with Gasteiger partial charge in [0, 0.05) is 45.8 Å². The summed E-state index contributed by atoms with van der Waals surface area (Å²) in [6.07, 6.45) is 5.26. The summed E-state index contributed by atoms with van der Waals surface area (Å²) in [6, 6.07) is 7.56. The summed E-state index contributed by atoms with van der Waals surface area (Å²) in [5, 5.41) is 0. The number of hydrogen-bond acceptors (Lipinski definition) is 6. The number of piperazine rings is 1. The van der Waals surface area contributed by atoms with E-state index in [4.69, 9.17) is 4.74 Å². The van der Waals surface area contributed by atoms with E-state index in [0.717, 1.165) is 45.7 Å². The molecule has 4 aliphatic rings. The molecular formula is C24H29N3O4. The fraction of sp³-hybridized carbons (Fsp3) is 0.542. The molecule has 0 radical (unpaired) electrons. The molecule has 7 heteroatoms. The molecule has 7 nitrogen and oxygen atoms in total. The van der Waals surface area contributed by atoms with Crippen LogP contribution in [-0.4, -0.2) is 78.9 Å². The van der Waals surface area contributed by atoms with Gasteiger partial charge in [-0.2, -0.15) is 0 Å². The van der Waals surface area contributed by atoms with E-state index in [0.29, 0.717) is 12.1 Å². The monoisotopic (exact) mass is 423 g/mol. The van der Waals surface area contributed by atoms with Gasteiger partial charge in [0.05, 0.1) is 24.5 Å². The Bertz CT molecular complexity index is 874. The highest BCUT2D eigenvalue weighted by Crippen LogP contribution is 2.52. The lowest BCUT2D eigenvalue weighted by Crippen LogP contribution is -2.48. The third kappa shape index (κ3) is 3.70. The largest absolute Gasteiger partial charge is 0.465 e. The highest BCUT2D eigenvalue weighted by atomic mass is 16.5. The second-order valence-electron chi connectivity index (χ2n) is 9.13. The van der Waals surface area contributed by atoms with Gasteiger partial charge in [0.15, 0.2) is 0 Å². The van der Waals surface area contributed by atoms with Gasteiger partial charge in [0.1, 0.15) is 0 Å². The first-order valence-electron chi connectivity index (χ1n) is 11.2. The Kier molecular flexibility index (Phi) is 5.40. The quantitative estimate of drug-likeness (QED) is 0.391. The van der Waals surface area contributed by atoms with Crippen LogP contribution in [-0.2, 0) is 20.9 Å². The molecule has 164 valence electrons. The lowest BCUT2D eigenvalue weighted by Gasteiger charge is -2.35. The minimum absolute atomic E-state index is 0.0564. The van der Waals surface area contributed by atoms with Crippen molar-refractivity contribution < 1.29 is 19.1 Å². The van der Waals surface area contributed by atoms with Crippen LogP contribution in [0.25, 0.3) is 0 Å². The van der Waals surface area contributed by atoms with Crippen LogP contribution in [0.4, 0.5) is 0 Å². The number of imide groups is 1. The van der Waals surface area contributed by atoms with Gasteiger partial charge in [-0.05, 0) is 36.0 Å². The SMILES string of the molecule is COC(=O)c1ccc(CN2CCN(CCN3C(=O)[C@@H]4[C@H](C3=O)[C@@H]3C=C[C@@H]4C3)CC2)cc1. The number of allylic oxidation sites excluding steroid dienone is 2. The Balaban J connectivity index is 1.08. The molecule has 2 amide bonds. The first-order chi connectivity index (χ1) is 15.0. The molecule has 4 atom stereocenters. The van der Waals surface area contributed by atoms with Crippen molar-refractivity contribution in [2.45, 2.75) is 13.0 Å². The second-order valence-corrected chi connectivity index (χ2v) is 9.13. The zero-order valence-corrected chi connectivity index (χ0v) is 17.9.